The lowest BCUT2D eigenvalue weighted by Crippen LogP contribution is -2.64. The van der Waals surface area contributed by atoms with Gasteiger partial charge < -0.3 is 39.9 Å². The second-order valence-corrected chi connectivity index (χ2v) is 19.4. The zero-order chi connectivity index (χ0) is 50.6. The summed E-state index contributed by atoms with van der Waals surface area (Å²) in [7, 11) is -5.13. The van der Waals surface area contributed by atoms with Crippen LogP contribution in [0.25, 0.3) is 0 Å². The van der Waals surface area contributed by atoms with Crippen molar-refractivity contribution in [3.05, 3.63) is 85.1 Å². The predicted molar refractivity (Wildman–Crippen MR) is 276 cm³/mol. The van der Waals surface area contributed by atoms with Gasteiger partial charge in [-0.1, -0.05) is 182 Å². The van der Waals surface area contributed by atoms with Crippen LogP contribution in [0, 0.1) is 0 Å². The van der Waals surface area contributed by atoms with Crippen molar-refractivity contribution >= 4 is 19.8 Å². The summed E-state index contributed by atoms with van der Waals surface area (Å²) in [4.78, 5) is 35.9. The second kappa shape index (κ2) is 43.8. The van der Waals surface area contributed by atoms with Gasteiger partial charge in [0.1, 0.15) is 43.2 Å². The molecule has 1 saturated carbocycles. The molecule has 0 aromatic carbocycles. The Balaban J connectivity index is 2.38. The Morgan fingerprint density at radius 2 is 0.783 bits per heavy atom. The average molecular weight is 993 g/mol. The number of hydrogen-bond donors (Lipinski definition) is 6. The van der Waals surface area contributed by atoms with Gasteiger partial charge in [0.05, 0.1) is 6.61 Å². The fourth-order valence-electron chi connectivity index (χ4n) is 7.59. The van der Waals surface area contributed by atoms with Crippen molar-refractivity contribution in [2.75, 3.05) is 13.2 Å². The van der Waals surface area contributed by atoms with Gasteiger partial charge in [-0.25, -0.2) is 4.57 Å². The Morgan fingerprint density at radius 3 is 1.19 bits per heavy atom. The number of esters is 2. The fraction of sp³-hybridized carbons (Fsp3) is 0.709. The second-order valence-electron chi connectivity index (χ2n) is 18.0. The van der Waals surface area contributed by atoms with Crippen LogP contribution in [-0.4, -0.2) is 98.3 Å². The van der Waals surface area contributed by atoms with Gasteiger partial charge in [0.15, 0.2) is 6.10 Å². The minimum absolute atomic E-state index is 0.0846. The van der Waals surface area contributed by atoms with E-state index in [0.29, 0.717) is 12.8 Å². The van der Waals surface area contributed by atoms with Gasteiger partial charge in [-0.05, 0) is 83.5 Å². The van der Waals surface area contributed by atoms with Crippen LogP contribution in [0.5, 0.6) is 0 Å². The van der Waals surface area contributed by atoms with Crippen molar-refractivity contribution in [1.29, 1.82) is 0 Å². The monoisotopic (exact) mass is 993 g/mol. The van der Waals surface area contributed by atoms with Crippen molar-refractivity contribution in [1.82, 2.24) is 0 Å². The van der Waals surface area contributed by atoms with Gasteiger partial charge in [-0.3, -0.25) is 18.6 Å². The first-order chi connectivity index (χ1) is 33.4. The van der Waals surface area contributed by atoms with E-state index in [1.165, 1.54) is 32.1 Å². The molecule has 69 heavy (non-hydrogen) atoms. The first-order valence-corrected chi connectivity index (χ1v) is 27.9. The van der Waals surface area contributed by atoms with E-state index in [1.807, 2.05) is 0 Å². The first-order valence-electron chi connectivity index (χ1n) is 26.4. The van der Waals surface area contributed by atoms with E-state index in [9.17, 15) is 44.6 Å². The number of hydrogen-bond acceptors (Lipinski definition) is 12. The van der Waals surface area contributed by atoms with Gasteiger partial charge >= 0.3 is 19.8 Å². The lowest BCUT2D eigenvalue weighted by atomic mass is 9.85. The van der Waals surface area contributed by atoms with Crippen LogP contribution in [0.4, 0.5) is 0 Å². The van der Waals surface area contributed by atoms with E-state index < -0.39 is 75.7 Å². The molecule has 0 heterocycles. The third kappa shape index (κ3) is 35.7. The molecule has 1 aliphatic carbocycles. The van der Waals surface area contributed by atoms with E-state index in [2.05, 4.69) is 98.9 Å². The summed E-state index contributed by atoms with van der Waals surface area (Å²) in [5.74, 6) is -1.12. The normalized spacial score (nSPS) is 21.6. The Kier molecular flexibility index (Phi) is 40.6. The molecular weight excluding hydrogens is 900 g/mol. The standard InChI is InChI=1S/C55H93O13P/c1-3-5-7-9-11-13-15-17-19-21-22-23-24-25-26-28-30-32-34-36-38-40-42-44-49(57)67-47(46-66-69(63,64)68-55-53(61)51(59)50(58)52(60)54(55)62)45-65-48(56)43-41-39-37-35-33-31-29-27-20-18-16-14-12-10-8-6-4-2/h5-8,11-14,17-20,22-23,47,50-55,58-62H,3-4,9-10,15-16,21,24-46H2,1-2H3,(H,63,64)/b7-5-,8-6-,13-11-,14-12-,19-17-,20-18-,23-22-. The van der Waals surface area contributed by atoms with Crippen LogP contribution in [-0.2, 0) is 32.7 Å². The number of rotatable bonds is 43. The minimum Gasteiger partial charge on any atom is -0.462 e. The number of carbonyl (C=O) groups is 2. The number of unbranched alkanes of at least 4 members (excludes halogenated alkanes) is 17. The highest BCUT2D eigenvalue weighted by atomic mass is 31.2. The maximum atomic E-state index is 12.9. The molecule has 1 fully saturated rings. The Labute approximate surface area is 416 Å². The number of ether oxygens (including phenoxy) is 2. The molecule has 0 radical (unpaired) electrons. The van der Waals surface area contributed by atoms with Crippen molar-refractivity contribution < 1.29 is 63.1 Å². The molecule has 0 spiro atoms. The molecule has 0 aromatic rings. The van der Waals surface area contributed by atoms with Crippen LogP contribution in [0.1, 0.15) is 194 Å². The van der Waals surface area contributed by atoms with Crippen LogP contribution in [0.3, 0.4) is 0 Å². The molecule has 0 bridgehead atoms. The molecule has 6 unspecified atom stereocenters. The summed E-state index contributed by atoms with van der Waals surface area (Å²) in [5, 5.41) is 50.3. The number of carbonyl (C=O) groups excluding carboxylic acids is 2. The molecule has 0 aliphatic heterocycles. The zero-order valence-corrected chi connectivity index (χ0v) is 43.2. The summed E-state index contributed by atoms with van der Waals surface area (Å²) < 4.78 is 33.7. The van der Waals surface area contributed by atoms with E-state index in [4.69, 9.17) is 18.5 Å². The lowest BCUT2D eigenvalue weighted by Gasteiger charge is -2.41. The predicted octanol–water partition coefficient (Wildman–Crippen LogP) is 11.6. The van der Waals surface area contributed by atoms with Crippen LogP contribution in [0.2, 0.25) is 0 Å². The molecular formula is C55H93O13P. The van der Waals surface area contributed by atoms with E-state index >= 15 is 0 Å². The molecule has 0 amide bonds. The van der Waals surface area contributed by atoms with Crippen molar-refractivity contribution in [2.24, 2.45) is 0 Å². The Bertz CT molecular complexity index is 1520. The molecule has 1 aliphatic rings. The third-order valence-electron chi connectivity index (χ3n) is 11.7. The third-order valence-corrected chi connectivity index (χ3v) is 12.7. The topological polar surface area (TPSA) is 210 Å². The van der Waals surface area contributed by atoms with Crippen molar-refractivity contribution in [3.63, 3.8) is 0 Å². The number of aliphatic hydroxyl groups excluding tert-OH is 5. The highest BCUT2D eigenvalue weighted by Gasteiger charge is 2.51. The zero-order valence-electron chi connectivity index (χ0n) is 42.3. The maximum Gasteiger partial charge on any atom is 0.472 e. The molecule has 6 atom stereocenters. The molecule has 6 N–H and O–H groups in total. The molecule has 14 heteroatoms. The molecule has 1 rings (SSSR count). The van der Waals surface area contributed by atoms with Crippen molar-refractivity contribution in [3.8, 4) is 0 Å². The smallest absolute Gasteiger partial charge is 0.462 e. The number of allylic oxidation sites excluding steroid dienone is 14. The molecule has 0 aromatic heterocycles. The number of phosphoric ester groups is 1. The van der Waals surface area contributed by atoms with Gasteiger partial charge in [-0.15, -0.1) is 0 Å². The summed E-state index contributed by atoms with van der Waals surface area (Å²) in [6, 6.07) is 0. The number of aliphatic hydroxyl groups is 5. The van der Waals surface area contributed by atoms with E-state index in [0.717, 1.165) is 122 Å². The number of phosphoric acid groups is 1. The van der Waals surface area contributed by atoms with Crippen molar-refractivity contribution in [2.45, 2.75) is 236 Å². The maximum absolute atomic E-state index is 12.9. The summed E-state index contributed by atoms with van der Waals surface area (Å²) >= 11 is 0. The Hall–Kier alpha value is -2.97. The highest BCUT2D eigenvalue weighted by molar-refractivity contribution is 7.47. The van der Waals surface area contributed by atoms with Gasteiger partial charge in [0, 0.05) is 12.8 Å². The van der Waals surface area contributed by atoms with Gasteiger partial charge in [0.25, 0.3) is 0 Å². The lowest BCUT2D eigenvalue weighted by molar-refractivity contribution is -0.220. The van der Waals surface area contributed by atoms with Gasteiger partial charge in [-0.2, -0.15) is 0 Å². The molecule has 13 nitrogen and oxygen atoms in total. The Morgan fingerprint density at radius 1 is 0.449 bits per heavy atom. The van der Waals surface area contributed by atoms with Crippen LogP contribution >= 0.6 is 7.82 Å². The SMILES string of the molecule is CC/C=C\C/C=C\C/C=C\C/C=C\CCCCCCCCCCCCC(=O)OC(COC(=O)CCCCCCCCC/C=C\C/C=C\C/C=C\CC)COP(=O)(O)OC1C(O)C(O)C(O)C(O)C1O. The highest BCUT2D eigenvalue weighted by Crippen LogP contribution is 2.47. The average Bonchev–Trinajstić information content (AvgIpc) is 3.33. The fourth-order valence-corrected chi connectivity index (χ4v) is 8.56. The summed E-state index contributed by atoms with van der Waals surface area (Å²) in [5.41, 5.74) is 0. The molecule has 396 valence electrons. The van der Waals surface area contributed by atoms with Crippen LogP contribution in [0.15, 0.2) is 85.1 Å². The van der Waals surface area contributed by atoms with Crippen LogP contribution < -0.4 is 0 Å². The largest absolute Gasteiger partial charge is 0.472 e. The quantitative estimate of drug-likeness (QED) is 0.0146. The summed E-state index contributed by atoms with van der Waals surface area (Å²) in [6.45, 7) is 3.08. The van der Waals surface area contributed by atoms with E-state index in [-0.39, 0.29) is 12.8 Å². The van der Waals surface area contributed by atoms with E-state index in [1.54, 1.807) is 0 Å². The first kappa shape index (κ1) is 64.0. The minimum atomic E-state index is -5.13. The van der Waals surface area contributed by atoms with Gasteiger partial charge in [0.2, 0.25) is 0 Å². The molecule has 0 saturated heterocycles. The summed E-state index contributed by atoms with van der Waals surface area (Å²) in [6.07, 6.45) is 44.8.